The number of hydrogen-bond acceptors (Lipinski definition) is 2. The molecule has 0 saturated carbocycles. The zero-order chi connectivity index (χ0) is 14.1. The molecule has 0 atom stereocenters. The minimum atomic E-state index is -5.10. The van der Waals surface area contributed by atoms with Gasteiger partial charge in [-0.1, -0.05) is 23.2 Å². The normalized spacial score (nSPS) is 11.2. The van der Waals surface area contributed by atoms with E-state index in [1.54, 1.807) is 0 Å². The lowest BCUT2D eigenvalue weighted by atomic mass is 10.2. The Hall–Kier alpha value is -1.47. The molecule has 1 aromatic rings. The monoisotopic (exact) mass is 301 g/mol. The zero-order valence-corrected chi connectivity index (χ0v) is 9.82. The molecule has 9 heteroatoms. The molecule has 0 aliphatic carbocycles. The molecule has 0 bridgehead atoms. The summed E-state index contributed by atoms with van der Waals surface area (Å²) in [4.78, 5) is 21.5. The van der Waals surface area contributed by atoms with Gasteiger partial charge in [0.25, 0.3) is 0 Å². The van der Waals surface area contributed by atoms with Crippen LogP contribution in [0.4, 0.5) is 18.9 Å². The predicted octanol–water partition coefficient (Wildman–Crippen LogP) is 3.19. The summed E-state index contributed by atoms with van der Waals surface area (Å²) in [6.07, 6.45) is -5.10. The summed E-state index contributed by atoms with van der Waals surface area (Å²) in [6, 6.07) is 1.99. The number of hydrogen-bond donors (Lipinski definition) is 2. The molecule has 0 aromatic heterocycles. The van der Waals surface area contributed by atoms with Gasteiger partial charge < -0.3 is 10.4 Å². The van der Waals surface area contributed by atoms with Crippen molar-refractivity contribution >= 4 is 40.8 Å². The zero-order valence-electron chi connectivity index (χ0n) is 8.31. The number of carboxylic acids is 1. The molecule has 0 aliphatic heterocycles. The van der Waals surface area contributed by atoms with Crippen molar-refractivity contribution in [2.75, 3.05) is 5.32 Å². The second-order valence-electron chi connectivity index (χ2n) is 3.04. The number of anilines is 1. The smallest absolute Gasteiger partial charge is 0.471 e. The predicted molar refractivity (Wildman–Crippen MR) is 58.1 cm³/mol. The lowest BCUT2D eigenvalue weighted by molar-refractivity contribution is -0.167. The van der Waals surface area contributed by atoms with Crippen molar-refractivity contribution < 1.29 is 27.9 Å². The van der Waals surface area contributed by atoms with E-state index in [0.717, 1.165) is 12.1 Å². The molecule has 0 spiro atoms. The molecule has 1 rings (SSSR count). The molecule has 18 heavy (non-hydrogen) atoms. The second kappa shape index (κ2) is 5.03. The SMILES string of the molecule is O=C(O)c1c(Cl)ccc(NC(=O)C(F)(F)F)c1Cl. The number of alkyl halides is 3. The summed E-state index contributed by atoms with van der Waals surface area (Å²) in [5.41, 5.74) is -1.07. The molecule has 0 aliphatic rings. The summed E-state index contributed by atoms with van der Waals surface area (Å²) >= 11 is 11.1. The van der Waals surface area contributed by atoms with Gasteiger partial charge in [0.05, 0.1) is 21.3 Å². The Kier molecular flexibility index (Phi) is 4.08. The highest BCUT2D eigenvalue weighted by Gasteiger charge is 2.39. The van der Waals surface area contributed by atoms with Crippen LogP contribution in [0.2, 0.25) is 10.0 Å². The van der Waals surface area contributed by atoms with Crippen LogP contribution in [0.1, 0.15) is 10.4 Å². The fourth-order valence-corrected chi connectivity index (χ4v) is 1.62. The highest BCUT2D eigenvalue weighted by atomic mass is 35.5. The number of halogens is 5. The maximum atomic E-state index is 12.0. The minimum Gasteiger partial charge on any atom is -0.478 e. The number of carbonyl (C=O) groups is 2. The summed E-state index contributed by atoms with van der Waals surface area (Å²) < 4.78 is 36.0. The number of benzene rings is 1. The molecular formula is C9H4Cl2F3NO3. The Morgan fingerprint density at radius 3 is 2.22 bits per heavy atom. The van der Waals surface area contributed by atoms with Crippen molar-refractivity contribution in [3.63, 3.8) is 0 Å². The van der Waals surface area contributed by atoms with Gasteiger partial charge in [-0.25, -0.2) is 4.79 Å². The second-order valence-corrected chi connectivity index (χ2v) is 3.83. The number of carbonyl (C=O) groups excluding carboxylic acids is 1. The Bertz CT molecular complexity index is 517. The number of rotatable bonds is 2. The van der Waals surface area contributed by atoms with Crippen molar-refractivity contribution in [1.82, 2.24) is 0 Å². The van der Waals surface area contributed by atoms with Crippen LogP contribution in [-0.2, 0) is 4.79 Å². The summed E-state index contributed by atoms with van der Waals surface area (Å²) in [5.74, 6) is -3.78. The lowest BCUT2D eigenvalue weighted by Gasteiger charge is -2.11. The fourth-order valence-electron chi connectivity index (χ4n) is 1.04. The van der Waals surface area contributed by atoms with Crippen molar-refractivity contribution in [2.24, 2.45) is 0 Å². The highest BCUT2D eigenvalue weighted by molar-refractivity contribution is 6.41. The lowest BCUT2D eigenvalue weighted by Crippen LogP contribution is -2.30. The van der Waals surface area contributed by atoms with Gasteiger partial charge in [0.2, 0.25) is 0 Å². The molecule has 0 fully saturated rings. The van der Waals surface area contributed by atoms with Gasteiger partial charge in [-0.3, -0.25) is 4.79 Å². The van der Waals surface area contributed by atoms with E-state index < -0.39 is 34.3 Å². The van der Waals surface area contributed by atoms with Gasteiger partial charge in [-0.05, 0) is 12.1 Å². The molecule has 0 unspecified atom stereocenters. The van der Waals surface area contributed by atoms with E-state index in [1.807, 2.05) is 0 Å². The molecule has 0 radical (unpaired) electrons. The standard InChI is InChI=1S/C9H4Cl2F3NO3/c10-3-1-2-4(6(11)5(3)7(16)17)15-8(18)9(12,13)14/h1-2H,(H,15,18)(H,16,17). The van der Waals surface area contributed by atoms with E-state index in [-0.39, 0.29) is 5.02 Å². The van der Waals surface area contributed by atoms with Crippen LogP contribution in [0.3, 0.4) is 0 Å². The molecule has 1 amide bonds. The summed E-state index contributed by atoms with van der Waals surface area (Å²) in [5, 5.41) is 9.39. The Morgan fingerprint density at radius 2 is 1.78 bits per heavy atom. The van der Waals surface area contributed by atoms with Crippen LogP contribution in [0.25, 0.3) is 0 Å². The first-order chi connectivity index (χ1) is 8.14. The molecule has 4 nitrogen and oxygen atoms in total. The van der Waals surface area contributed by atoms with E-state index in [9.17, 15) is 22.8 Å². The Balaban J connectivity index is 3.17. The minimum absolute atomic E-state index is 0.252. The van der Waals surface area contributed by atoms with Crippen molar-refractivity contribution in [3.05, 3.63) is 27.7 Å². The Morgan fingerprint density at radius 1 is 1.22 bits per heavy atom. The van der Waals surface area contributed by atoms with Crippen molar-refractivity contribution in [1.29, 1.82) is 0 Å². The number of nitrogens with one attached hydrogen (secondary N) is 1. The maximum Gasteiger partial charge on any atom is 0.471 e. The molecule has 1 aromatic carbocycles. The third kappa shape index (κ3) is 3.05. The van der Waals surface area contributed by atoms with Gasteiger partial charge in [-0.15, -0.1) is 0 Å². The quantitative estimate of drug-likeness (QED) is 0.881. The maximum absolute atomic E-state index is 12.0. The molecular weight excluding hydrogens is 298 g/mol. The van der Waals surface area contributed by atoms with Gasteiger partial charge in [0, 0.05) is 0 Å². The van der Waals surface area contributed by atoms with Crippen molar-refractivity contribution in [3.8, 4) is 0 Å². The van der Waals surface area contributed by atoms with Crippen LogP contribution in [-0.4, -0.2) is 23.2 Å². The highest BCUT2D eigenvalue weighted by Crippen LogP contribution is 2.32. The van der Waals surface area contributed by atoms with Crippen LogP contribution < -0.4 is 5.32 Å². The largest absolute Gasteiger partial charge is 0.478 e. The van der Waals surface area contributed by atoms with Gasteiger partial charge in [0.15, 0.2) is 0 Å². The van der Waals surface area contributed by atoms with Crippen LogP contribution in [0.5, 0.6) is 0 Å². The number of carboxylic acid groups (broad SMARTS) is 1. The number of amides is 1. The summed E-state index contributed by atoms with van der Waals surface area (Å²) in [6.45, 7) is 0. The first-order valence-electron chi connectivity index (χ1n) is 4.24. The van der Waals surface area contributed by atoms with Gasteiger partial charge in [-0.2, -0.15) is 13.2 Å². The average molecular weight is 302 g/mol. The summed E-state index contributed by atoms with van der Waals surface area (Å²) in [7, 11) is 0. The van der Waals surface area contributed by atoms with E-state index in [1.165, 1.54) is 5.32 Å². The van der Waals surface area contributed by atoms with E-state index in [0.29, 0.717) is 0 Å². The van der Waals surface area contributed by atoms with Crippen LogP contribution in [0, 0.1) is 0 Å². The third-order valence-corrected chi connectivity index (χ3v) is 2.52. The van der Waals surface area contributed by atoms with Crippen molar-refractivity contribution in [2.45, 2.75) is 6.18 Å². The van der Waals surface area contributed by atoms with Crippen LogP contribution >= 0.6 is 23.2 Å². The topological polar surface area (TPSA) is 66.4 Å². The van der Waals surface area contributed by atoms with Gasteiger partial charge >= 0.3 is 18.1 Å². The fraction of sp³-hybridized carbons (Fsp3) is 0.111. The molecule has 2 N–H and O–H groups in total. The van der Waals surface area contributed by atoms with E-state index >= 15 is 0 Å². The average Bonchev–Trinajstić information content (AvgIpc) is 2.20. The number of aromatic carboxylic acids is 1. The first-order valence-corrected chi connectivity index (χ1v) is 4.99. The van der Waals surface area contributed by atoms with E-state index in [2.05, 4.69) is 0 Å². The first kappa shape index (κ1) is 14.6. The third-order valence-electron chi connectivity index (χ3n) is 1.81. The molecule has 98 valence electrons. The van der Waals surface area contributed by atoms with E-state index in [4.69, 9.17) is 28.3 Å². The molecule has 0 heterocycles. The molecule has 0 saturated heterocycles. The Labute approximate surface area is 108 Å². The van der Waals surface area contributed by atoms with Crippen LogP contribution in [0.15, 0.2) is 12.1 Å². The van der Waals surface area contributed by atoms with Gasteiger partial charge in [0.1, 0.15) is 0 Å².